The first-order chi connectivity index (χ1) is 16.6. The number of rotatable bonds is 6. The normalized spacial score (nSPS) is 18.4. The van der Waals surface area contributed by atoms with Gasteiger partial charge in [0.25, 0.3) is 0 Å². The van der Waals surface area contributed by atoms with Crippen molar-refractivity contribution in [3.05, 3.63) is 88.5 Å². The fourth-order valence-corrected chi connectivity index (χ4v) is 5.84. The molecular formula is C30H31NO3. The Morgan fingerprint density at radius 2 is 1.79 bits per heavy atom. The summed E-state index contributed by atoms with van der Waals surface area (Å²) in [4.78, 5) is 25.8. The lowest BCUT2D eigenvalue weighted by atomic mass is 9.69. The van der Waals surface area contributed by atoms with Gasteiger partial charge in [0.1, 0.15) is 0 Å². The van der Waals surface area contributed by atoms with Crippen molar-refractivity contribution in [1.82, 2.24) is 0 Å². The number of nitrogen functional groups attached to an aromatic ring is 1. The molecule has 0 saturated heterocycles. The molecule has 0 heterocycles. The number of anilines is 1. The number of hydrogen-bond acceptors (Lipinski definition) is 4. The quantitative estimate of drug-likeness (QED) is 0.273. The fraction of sp³-hybridized carbons (Fsp3) is 0.333. The Labute approximate surface area is 201 Å². The van der Waals surface area contributed by atoms with Crippen LogP contribution in [0.4, 0.5) is 5.69 Å². The van der Waals surface area contributed by atoms with E-state index in [1.54, 1.807) is 12.1 Å². The van der Waals surface area contributed by atoms with Gasteiger partial charge in [-0.15, -0.1) is 0 Å². The van der Waals surface area contributed by atoms with Crippen molar-refractivity contribution in [2.75, 3.05) is 12.3 Å². The molecule has 2 N–H and O–H groups in total. The Hall–Kier alpha value is -3.40. The van der Waals surface area contributed by atoms with E-state index in [9.17, 15) is 9.59 Å². The molecule has 0 spiro atoms. The van der Waals surface area contributed by atoms with Gasteiger partial charge in [-0.05, 0) is 103 Å². The summed E-state index contributed by atoms with van der Waals surface area (Å²) in [7, 11) is 0. The van der Waals surface area contributed by atoms with Gasteiger partial charge in [0, 0.05) is 17.7 Å². The lowest BCUT2D eigenvalue weighted by molar-refractivity contribution is -0.143. The Balaban J connectivity index is 1.58. The average Bonchev–Trinajstić information content (AvgIpc) is 2.86. The van der Waals surface area contributed by atoms with Crippen LogP contribution in [-0.2, 0) is 22.4 Å². The van der Waals surface area contributed by atoms with Gasteiger partial charge in [0.2, 0.25) is 0 Å². The van der Waals surface area contributed by atoms with E-state index >= 15 is 0 Å². The van der Waals surface area contributed by atoms with Crippen LogP contribution in [0.1, 0.15) is 77.1 Å². The summed E-state index contributed by atoms with van der Waals surface area (Å²) < 4.78 is 5.16. The summed E-state index contributed by atoms with van der Waals surface area (Å²) in [5.41, 5.74) is 14.7. The fourth-order valence-electron chi connectivity index (χ4n) is 5.84. The maximum Gasteiger partial charge on any atom is 0.305 e. The van der Waals surface area contributed by atoms with Crippen molar-refractivity contribution in [2.45, 2.75) is 57.3 Å². The van der Waals surface area contributed by atoms with E-state index in [-0.39, 0.29) is 17.7 Å². The number of nitrogens with two attached hydrogens (primary N) is 1. The molecule has 34 heavy (non-hydrogen) atoms. The minimum Gasteiger partial charge on any atom is -0.466 e. The lowest BCUT2D eigenvalue weighted by Gasteiger charge is -2.34. The van der Waals surface area contributed by atoms with Crippen LogP contribution in [0.25, 0.3) is 11.1 Å². The zero-order valence-corrected chi connectivity index (χ0v) is 19.7. The van der Waals surface area contributed by atoms with E-state index in [0.29, 0.717) is 36.6 Å². The average molecular weight is 454 g/mol. The number of carbonyl (C=O) groups excluding carboxylic acids is 2. The number of Topliss-reactive ketones (excluding diaryl/α,β-unsaturated/α-hetero) is 1. The summed E-state index contributed by atoms with van der Waals surface area (Å²) in [6.07, 6.45) is 5.04. The number of ketones is 1. The van der Waals surface area contributed by atoms with E-state index in [4.69, 9.17) is 10.5 Å². The van der Waals surface area contributed by atoms with Crippen LogP contribution in [0.2, 0.25) is 0 Å². The molecule has 0 amide bonds. The van der Waals surface area contributed by atoms with Gasteiger partial charge in [-0.25, -0.2) is 0 Å². The van der Waals surface area contributed by atoms with Gasteiger partial charge >= 0.3 is 5.97 Å². The number of benzene rings is 3. The first-order valence-electron chi connectivity index (χ1n) is 12.4. The Kier molecular flexibility index (Phi) is 6.23. The molecule has 2 aliphatic carbocycles. The van der Waals surface area contributed by atoms with Crippen molar-refractivity contribution in [2.24, 2.45) is 0 Å². The standard InChI is InChI=1S/C30H31NO3/c1-2-34-28(32)17-12-19-7-5-9-25-24(19)15-16-26-23-8-4-3-6-21(23)18-27(29(25)26)30(33)20-10-13-22(31)14-11-20/h3-4,6,8,10-11,13-16,19,27H,2,5,7,9,12,17-18,31H2,1H3. The molecule has 3 aromatic rings. The van der Waals surface area contributed by atoms with Gasteiger partial charge in [-0.2, -0.15) is 0 Å². The summed E-state index contributed by atoms with van der Waals surface area (Å²) >= 11 is 0. The van der Waals surface area contributed by atoms with Gasteiger partial charge in [-0.1, -0.05) is 36.4 Å². The number of hydrogen-bond donors (Lipinski definition) is 1. The SMILES string of the molecule is CCOC(=O)CCC1CCCc2c1ccc1c2C(C(=O)c2ccc(N)cc2)Cc2ccccc2-1. The highest BCUT2D eigenvalue weighted by Gasteiger charge is 2.35. The van der Waals surface area contributed by atoms with E-state index in [1.807, 2.05) is 19.1 Å². The second-order valence-corrected chi connectivity index (χ2v) is 9.43. The summed E-state index contributed by atoms with van der Waals surface area (Å²) in [6.45, 7) is 2.26. The largest absolute Gasteiger partial charge is 0.466 e. The van der Waals surface area contributed by atoms with E-state index in [1.165, 1.54) is 33.4 Å². The van der Waals surface area contributed by atoms with Crippen LogP contribution in [0, 0.1) is 0 Å². The summed E-state index contributed by atoms with van der Waals surface area (Å²) in [5.74, 6) is 0.130. The maximum atomic E-state index is 13.8. The summed E-state index contributed by atoms with van der Waals surface area (Å²) in [6, 6.07) is 20.2. The highest BCUT2D eigenvalue weighted by Crippen LogP contribution is 2.47. The molecule has 2 atom stereocenters. The molecular weight excluding hydrogens is 422 g/mol. The van der Waals surface area contributed by atoms with Crippen LogP contribution in [0.5, 0.6) is 0 Å². The number of ether oxygens (including phenoxy) is 1. The first-order valence-corrected chi connectivity index (χ1v) is 12.4. The third-order valence-corrected chi connectivity index (χ3v) is 7.41. The monoisotopic (exact) mass is 453 g/mol. The van der Waals surface area contributed by atoms with Crippen LogP contribution in [0.3, 0.4) is 0 Å². The van der Waals surface area contributed by atoms with Crippen molar-refractivity contribution in [3.8, 4) is 11.1 Å². The van der Waals surface area contributed by atoms with Gasteiger partial charge in [0.15, 0.2) is 5.78 Å². The smallest absolute Gasteiger partial charge is 0.305 e. The minimum absolute atomic E-state index is 0.127. The van der Waals surface area contributed by atoms with E-state index in [2.05, 4.69) is 36.4 Å². The highest BCUT2D eigenvalue weighted by atomic mass is 16.5. The third kappa shape index (κ3) is 4.13. The summed E-state index contributed by atoms with van der Waals surface area (Å²) in [5, 5.41) is 0. The van der Waals surface area contributed by atoms with Crippen molar-refractivity contribution in [1.29, 1.82) is 0 Å². The Morgan fingerprint density at radius 1 is 1.00 bits per heavy atom. The van der Waals surface area contributed by atoms with Gasteiger partial charge in [-0.3, -0.25) is 9.59 Å². The van der Waals surface area contributed by atoms with Crippen LogP contribution in [-0.4, -0.2) is 18.4 Å². The van der Waals surface area contributed by atoms with Crippen molar-refractivity contribution >= 4 is 17.4 Å². The molecule has 5 rings (SSSR count). The molecule has 174 valence electrons. The topological polar surface area (TPSA) is 69.4 Å². The van der Waals surface area contributed by atoms with Crippen molar-refractivity contribution in [3.63, 3.8) is 0 Å². The van der Waals surface area contributed by atoms with E-state index in [0.717, 1.165) is 25.7 Å². The molecule has 0 aliphatic heterocycles. The predicted octanol–water partition coefficient (Wildman–Crippen LogP) is 6.22. The molecule has 2 aliphatic rings. The molecule has 3 aromatic carbocycles. The van der Waals surface area contributed by atoms with Gasteiger partial charge in [0.05, 0.1) is 12.5 Å². The van der Waals surface area contributed by atoms with Gasteiger partial charge < -0.3 is 10.5 Å². The van der Waals surface area contributed by atoms with Crippen molar-refractivity contribution < 1.29 is 14.3 Å². The van der Waals surface area contributed by atoms with E-state index < -0.39 is 0 Å². The Bertz CT molecular complexity index is 1230. The molecule has 0 bridgehead atoms. The zero-order chi connectivity index (χ0) is 23.7. The molecule has 2 unspecified atom stereocenters. The molecule has 0 radical (unpaired) electrons. The minimum atomic E-state index is -0.215. The molecule has 0 fully saturated rings. The number of fused-ring (bicyclic) bond motifs is 5. The second kappa shape index (κ2) is 9.46. The first kappa shape index (κ1) is 22.4. The second-order valence-electron chi connectivity index (χ2n) is 9.43. The molecule has 4 heteroatoms. The third-order valence-electron chi connectivity index (χ3n) is 7.41. The Morgan fingerprint density at radius 3 is 2.59 bits per heavy atom. The molecule has 4 nitrogen and oxygen atoms in total. The van der Waals surface area contributed by atoms with Crippen LogP contribution in [0.15, 0.2) is 60.7 Å². The van der Waals surface area contributed by atoms with Crippen LogP contribution >= 0.6 is 0 Å². The number of esters is 1. The molecule has 0 saturated carbocycles. The van der Waals surface area contributed by atoms with Crippen LogP contribution < -0.4 is 5.73 Å². The highest BCUT2D eigenvalue weighted by molar-refractivity contribution is 6.03. The maximum absolute atomic E-state index is 13.8. The zero-order valence-electron chi connectivity index (χ0n) is 19.7. The number of carbonyl (C=O) groups is 2. The lowest BCUT2D eigenvalue weighted by Crippen LogP contribution is -2.24. The molecule has 0 aromatic heterocycles. The predicted molar refractivity (Wildman–Crippen MR) is 135 cm³/mol.